The van der Waals surface area contributed by atoms with Crippen LogP contribution in [0.3, 0.4) is 0 Å². The number of hydrogen-bond acceptors (Lipinski definition) is 5. The molecule has 2 rings (SSSR count). The molecule has 1 saturated heterocycles. The molecule has 7 nitrogen and oxygen atoms in total. The Hall–Kier alpha value is -2.44. The van der Waals surface area contributed by atoms with E-state index < -0.39 is 10.8 Å². The minimum Gasteiger partial charge on any atom is -0.369 e. The van der Waals surface area contributed by atoms with Crippen LogP contribution >= 0.6 is 0 Å². The van der Waals surface area contributed by atoms with Gasteiger partial charge in [-0.2, -0.15) is 0 Å². The molecule has 0 aromatic heterocycles. The Morgan fingerprint density at radius 3 is 2.79 bits per heavy atom. The first-order valence-electron chi connectivity index (χ1n) is 5.81. The van der Waals surface area contributed by atoms with Crippen LogP contribution in [0, 0.1) is 16.0 Å². The minimum atomic E-state index is -0.528. The van der Waals surface area contributed by atoms with E-state index in [0.717, 1.165) is 0 Å². The number of nitrogens with zero attached hydrogens (tertiary/aromatic N) is 2. The standard InChI is InChI=1S/C12H13N3O4/c13-12(17)9-3-4-14(6-9)10-2-1-8(7-16)5-11(10)15(18)19/h1-2,5,7,9H,3-4,6H2,(H2,13,17). The Labute approximate surface area is 109 Å². The van der Waals surface area contributed by atoms with Gasteiger partial charge in [-0.25, -0.2) is 0 Å². The molecule has 1 aliphatic heterocycles. The predicted molar refractivity (Wildman–Crippen MR) is 68.0 cm³/mol. The lowest BCUT2D eigenvalue weighted by molar-refractivity contribution is -0.384. The summed E-state index contributed by atoms with van der Waals surface area (Å²) in [6, 6.07) is 4.29. The van der Waals surface area contributed by atoms with Crippen molar-refractivity contribution in [3.8, 4) is 0 Å². The van der Waals surface area contributed by atoms with Gasteiger partial charge in [-0.15, -0.1) is 0 Å². The van der Waals surface area contributed by atoms with Crippen molar-refractivity contribution < 1.29 is 14.5 Å². The van der Waals surface area contributed by atoms with Crippen molar-refractivity contribution in [1.29, 1.82) is 0 Å². The van der Waals surface area contributed by atoms with Gasteiger partial charge in [-0.05, 0) is 18.6 Å². The molecule has 19 heavy (non-hydrogen) atoms. The van der Waals surface area contributed by atoms with E-state index in [1.807, 2.05) is 0 Å². The van der Waals surface area contributed by atoms with Gasteiger partial charge in [-0.1, -0.05) is 0 Å². The van der Waals surface area contributed by atoms with Crippen LogP contribution in [0.5, 0.6) is 0 Å². The zero-order chi connectivity index (χ0) is 14.0. The number of carbonyl (C=O) groups is 2. The molecule has 0 saturated carbocycles. The largest absolute Gasteiger partial charge is 0.369 e. The van der Waals surface area contributed by atoms with E-state index in [1.54, 1.807) is 4.90 Å². The smallest absolute Gasteiger partial charge is 0.293 e. The zero-order valence-electron chi connectivity index (χ0n) is 10.1. The highest BCUT2D eigenvalue weighted by Crippen LogP contribution is 2.32. The van der Waals surface area contributed by atoms with Crippen molar-refractivity contribution in [3.63, 3.8) is 0 Å². The second-order valence-electron chi connectivity index (χ2n) is 4.46. The van der Waals surface area contributed by atoms with Gasteiger partial charge in [0.15, 0.2) is 0 Å². The van der Waals surface area contributed by atoms with Gasteiger partial charge >= 0.3 is 0 Å². The van der Waals surface area contributed by atoms with E-state index in [1.165, 1.54) is 18.2 Å². The summed E-state index contributed by atoms with van der Waals surface area (Å²) in [5.74, 6) is -0.681. The summed E-state index contributed by atoms with van der Waals surface area (Å²) in [6.07, 6.45) is 1.15. The third-order valence-electron chi connectivity index (χ3n) is 3.26. The Bertz CT molecular complexity index is 544. The summed E-state index contributed by atoms with van der Waals surface area (Å²) in [4.78, 5) is 34.0. The third kappa shape index (κ3) is 2.54. The molecule has 1 amide bonds. The van der Waals surface area contributed by atoms with E-state index in [2.05, 4.69) is 0 Å². The molecule has 1 atom stereocenters. The Kier molecular flexibility index (Phi) is 3.46. The van der Waals surface area contributed by atoms with Gasteiger partial charge in [0, 0.05) is 24.7 Å². The fraction of sp³-hybridized carbons (Fsp3) is 0.333. The van der Waals surface area contributed by atoms with Crippen LogP contribution in [-0.4, -0.2) is 30.2 Å². The minimum absolute atomic E-state index is 0.130. The molecule has 2 N–H and O–H groups in total. The average Bonchev–Trinajstić information content (AvgIpc) is 2.87. The highest BCUT2D eigenvalue weighted by molar-refractivity contribution is 5.81. The first-order chi connectivity index (χ1) is 9.02. The maximum atomic E-state index is 11.1. The molecule has 1 fully saturated rings. The molecule has 0 spiro atoms. The van der Waals surface area contributed by atoms with Crippen LogP contribution in [0.2, 0.25) is 0 Å². The SMILES string of the molecule is NC(=O)C1CCN(c2ccc(C=O)cc2[N+](=O)[O-])C1. The number of anilines is 1. The topological polar surface area (TPSA) is 107 Å². The van der Waals surface area contributed by atoms with E-state index in [-0.39, 0.29) is 17.2 Å². The van der Waals surface area contributed by atoms with Crippen molar-refractivity contribution in [3.05, 3.63) is 33.9 Å². The average molecular weight is 263 g/mol. The van der Waals surface area contributed by atoms with E-state index in [0.29, 0.717) is 31.5 Å². The van der Waals surface area contributed by atoms with E-state index in [9.17, 15) is 19.7 Å². The lowest BCUT2D eigenvalue weighted by atomic mass is 10.1. The number of benzene rings is 1. The summed E-state index contributed by atoms with van der Waals surface area (Å²) < 4.78 is 0. The molecule has 1 heterocycles. The number of carbonyl (C=O) groups excluding carboxylic acids is 2. The molecule has 1 aliphatic rings. The Balaban J connectivity index is 2.32. The molecule has 1 unspecified atom stereocenters. The van der Waals surface area contributed by atoms with Crippen LogP contribution in [0.1, 0.15) is 16.8 Å². The number of rotatable bonds is 4. The van der Waals surface area contributed by atoms with Crippen LogP contribution in [0.15, 0.2) is 18.2 Å². The first kappa shape index (κ1) is 13.0. The molecule has 100 valence electrons. The van der Waals surface area contributed by atoms with Crippen molar-refractivity contribution >= 4 is 23.6 Å². The third-order valence-corrected chi connectivity index (χ3v) is 3.26. The van der Waals surface area contributed by atoms with Crippen LogP contribution in [0.25, 0.3) is 0 Å². The van der Waals surface area contributed by atoms with Crippen LogP contribution < -0.4 is 10.6 Å². The van der Waals surface area contributed by atoms with Crippen molar-refractivity contribution in [1.82, 2.24) is 0 Å². The molecule has 1 aromatic carbocycles. The highest BCUT2D eigenvalue weighted by Gasteiger charge is 2.30. The number of aldehydes is 1. The van der Waals surface area contributed by atoms with Gasteiger partial charge < -0.3 is 10.6 Å². The zero-order valence-corrected chi connectivity index (χ0v) is 10.1. The lowest BCUT2D eigenvalue weighted by Crippen LogP contribution is -2.27. The van der Waals surface area contributed by atoms with Crippen LogP contribution in [-0.2, 0) is 4.79 Å². The van der Waals surface area contributed by atoms with Gasteiger partial charge in [0.1, 0.15) is 12.0 Å². The number of amides is 1. The normalized spacial score (nSPS) is 18.3. The lowest BCUT2D eigenvalue weighted by Gasteiger charge is -2.18. The first-order valence-corrected chi connectivity index (χ1v) is 5.81. The monoisotopic (exact) mass is 263 g/mol. The van der Waals surface area contributed by atoms with Crippen LogP contribution in [0.4, 0.5) is 11.4 Å². The number of hydrogen-bond donors (Lipinski definition) is 1. The Morgan fingerprint density at radius 1 is 1.53 bits per heavy atom. The van der Waals surface area contributed by atoms with Crippen molar-refractivity contribution in [2.75, 3.05) is 18.0 Å². The van der Waals surface area contributed by atoms with Crippen molar-refractivity contribution in [2.24, 2.45) is 11.7 Å². The fourth-order valence-corrected chi connectivity index (χ4v) is 2.24. The van der Waals surface area contributed by atoms with Crippen molar-refractivity contribution in [2.45, 2.75) is 6.42 Å². The summed E-state index contributed by atoms with van der Waals surface area (Å²) >= 11 is 0. The highest BCUT2D eigenvalue weighted by atomic mass is 16.6. The molecule has 1 aromatic rings. The van der Waals surface area contributed by atoms with Gasteiger partial charge in [0.05, 0.1) is 10.8 Å². The second kappa shape index (κ2) is 5.05. The van der Waals surface area contributed by atoms with Gasteiger partial charge in [0.25, 0.3) is 5.69 Å². The van der Waals surface area contributed by atoms with E-state index in [4.69, 9.17) is 5.73 Å². The second-order valence-corrected chi connectivity index (χ2v) is 4.46. The quantitative estimate of drug-likeness (QED) is 0.489. The summed E-state index contributed by atoms with van der Waals surface area (Å²) in [5, 5.41) is 11.0. The summed E-state index contributed by atoms with van der Waals surface area (Å²) in [5.41, 5.74) is 5.77. The molecular formula is C12H13N3O4. The molecular weight excluding hydrogens is 250 g/mol. The van der Waals surface area contributed by atoms with E-state index >= 15 is 0 Å². The number of nitro benzene ring substituents is 1. The molecule has 7 heteroatoms. The summed E-state index contributed by atoms with van der Waals surface area (Å²) in [7, 11) is 0. The number of primary amides is 1. The fourth-order valence-electron chi connectivity index (χ4n) is 2.24. The Morgan fingerprint density at radius 2 is 2.26 bits per heavy atom. The molecule has 0 aliphatic carbocycles. The number of nitro groups is 1. The molecule has 0 radical (unpaired) electrons. The summed E-state index contributed by atoms with van der Waals surface area (Å²) in [6.45, 7) is 0.908. The van der Waals surface area contributed by atoms with Gasteiger partial charge in [0.2, 0.25) is 5.91 Å². The maximum absolute atomic E-state index is 11.1. The van der Waals surface area contributed by atoms with Gasteiger partial charge in [-0.3, -0.25) is 19.7 Å². The molecule has 0 bridgehead atoms. The maximum Gasteiger partial charge on any atom is 0.293 e. The predicted octanol–water partition coefficient (Wildman–Crippen LogP) is 0.719. The number of nitrogens with two attached hydrogens (primary N) is 1.